The highest BCUT2D eigenvalue weighted by Crippen LogP contribution is 2.10. The summed E-state index contributed by atoms with van der Waals surface area (Å²) in [6.45, 7) is 2.77. The van der Waals surface area contributed by atoms with Crippen molar-refractivity contribution in [2.24, 2.45) is 0 Å². The minimum atomic E-state index is -0.298. The van der Waals surface area contributed by atoms with Crippen LogP contribution in [0, 0.1) is 0 Å². The zero-order valence-corrected chi connectivity index (χ0v) is 9.30. The first-order valence-corrected chi connectivity index (χ1v) is 5.20. The molecule has 6 heteroatoms. The molecule has 0 aliphatic rings. The molecule has 1 amide bonds. The second-order valence-electron chi connectivity index (χ2n) is 3.33. The van der Waals surface area contributed by atoms with Crippen LogP contribution in [0.3, 0.4) is 0 Å². The molecule has 0 unspecified atom stereocenters. The third-order valence-corrected chi connectivity index (χ3v) is 2.06. The maximum absolute atomic E-state index is 11.8. The number of amides is 1. The van der Waals surface area contributed by atoms with Crippen molar-refractivity contribution in [1.82, 2.24) is 10.1 Å². The van der Waals surface area contributed by atoms with Crippen molar-refractivity contribution in [2.75, 3.05) is 17.2 Å². The van der Waals surface area contributed by atoms with Crippen molar-refractivity contribution >= 4 is 17.3 Å². The van der Waals surface area contributed by atoms with E-state index in [9.17, 15) is 4.79 Å². The molecule has 2 N–H and O–H groups in total. The molecule has 0 aliphatic heterocycles. The molecule has 0 radical (unpaired) electrons. The molecule has 88 valence electrons. The Labute approximate surface area is 98.0 Å². The predicted octanol–water partition coefficient (Wildman–Crippen LogP) is 1.75. The average molecular weight is 232 g/mol. The minimum Gasteiger partial charge on any atom is -0.385 e. The van der Waals surface area contributed by atoms with Crippen LogP contribution in [-0.4, -0.2) is 22.6 Å². The van der Waals surface area contributed by atoms with Gasteiger partial charge in [0.2, 0.25) is 0 Å². The Morgan fingerprint density at radius 2 is 2.35 bits per heavy atom. The van der Waals surface area contributed by atoms with Crippen LogP contribution in [0.5, 0.6) is 0 Å². The number of carbonyl (C=O) groups is 1. The zero-order chi connectivity index (χ0) is 12.1. The lowest BCUT2D eigenvalue weighted by Gasteiger charge is -2.05. The molecule has 0 aromatic carbocycles. The summed E-state index contributed by atoms with van der Waals surface area (Å²) in [7, 11) is 0. The predicted molar refractivity (Wildman–Crippen MR) is 62.9 cm³/mol. The monoisotopic (exact) mass is 232 g/mol. The fourth-order valence-electron chi connectivity index (χ4n) is 1.33. The Kier molecular flexibility index (Phi) is 3.34. The largest absolute Gasteiger partial charge is 0.385 e. The molecule has 0 spiro atoms. The molecule has 2 heterocycles. The molecule has 0 aliphatic carbocycles. The third kappa shape index (κ3) is 2.81. The lowest BCUT2D eigenvalue weighted by Crippen LogP contribution is -2.13. The summed E-state index contributed by atoms with van der Waals surface area (Å²) in [6, 6.07) is 3.49. The maximum Gasteiger partial charge on any atom is 0.274 e. The molecule has 0 saturated heterocycles. The van der Waals surface area contributed by atoms with E-state index >= 15 is 0 Å². The third-order valence-electron chi connectivity index (χ3n) is 2.06. The summed E-state index contributed by atoms with van der Waals surface area (Å²) in [6.07, 6.45) is 4.36. The first kappa shape index (κ1) is 11.1. The van der Waals surface area contributed by atoms with Gasteiger partial charge in [-0.1, -0.05) is 5.16 Å². The number of carbonyl (C=O) groups excluding carboxylic acids is 1. The van der Waals surface area contributed by atoms with Crippen LogP contribution in [0.15, 0.2) is 35.3 Å². The lowest BCUT2D eigenvalue weighted by atomic mass is 10.3. The van der Waals surface area contributed by atoms with Crippen molar-refractivity contribution in [1.29, 1.82) is 0 Å². The van der Waals surface area contributed by atoms with E-state index in [0.29, 0.717) is 11.4 Å². The molecule has 0 atom stereocenters. The second-order valence-corrected chi connectivity index (χ2v) is 3.33. The van der Waals surface area contributed by atoms with E-state index in [2.05, 4.69) is 25.3 Å². The van der Waals surface area contributed by atoms with Crippen LogP contribution < -0.4 is 10.6 Å². The number of aromatic nitrogens is 2. The van der Waals surface area contributed by atoms with E-state index in [1.807, 2.05) is 6.92 Å². The molecule has 17 heavy (non-hydrogen) atoms. The number of hydrogen-bond acceptors (Lipinski definition) is 5. The van der Waals surface area contributed by atoms with Gasteiger partial charge in [-0.15, -0.1) is 0 Å². The number of rotatable bonds is 4. The summed E-state index contributed by atoms with van der Waals surface area (Å²) in [5.41, 5.74) is 1.70. The van der Waals surface area contributed by atoms with Crippen LogP contribution in [0.2, 0.25) is 0 Å². The van der Waals surface area contributed by atoms with Gasteiger partial charge < -0.3 is 15.2 Å². The van der Waals surface area contributed by atoms with E-state index < -0.39 is 0 Å². The van der Waals surface area contributed by atoms with Crippen LogP contribution in [0.4, 0.5) is 11.4 Å². The summed E-state index contributed by atoms with van der Waals surface area (Å²) < 4.78 is 4.62. The highest BCUT2D eigenvalue weighted by atomic mass is 16.5. The van der Waals surface area contributed by atoms with Gasteiger partial charge in [0.25, 0.3) is 5.91 Å². The topological polar surface area (TPSA) is 80.0 Å². The molecular weight excluding hydrogens is 220 g/mol. The first-order valence-electron chi connectivity index (χ1n) is 5.20. The Balaban J connectivity index is 2.11. The van der Waals surface area contributed by atoms with E-state index in [-0.39, 0.29) is 5.91 Å². The Morgan fingerprint density at radius 1 is 1.47 bits per heavy atom. The SMILES string of the molecule is CCNc1ccnc(C(=O)Nc2cnoc2)c1. The number of hydrogen-bond donors (Lipinski definition) is 2. The van der Waals surface area contributed by atoms with Gasteiger partial charge in [0, 0.05) is 18.4 Å². The lowest BCUT2D eigenvalue weighted by molar-refractivity contribution is 0.102. The van der Waals surface area contributed by atoms with E-state index in [4.69, 9.17) is 0 Å². The van der Waals surface area contributed by atoms with E-state index in [1.165, 1.54) is 12.5 Å². The van der Waals surface area contributed by atoms with Gasteiger partial charge >= 0.3 is 0 Å². The minimum absolute atomic E-state index is 0.298. The average Bonchev–Trinajstić information content (AvgIpc) is 2.83. The van der Waals surface area contributed by atoms with Gasteiger partial charge in [-0.2, -0.15) is 0 Å². The van der Waals surface area contributed by atoms with Crippen LogP contribution in [0.1, 0.15) is 17.4 Å². The zero-order valence-electron chi connectivity index (χ0n) is 9.30. The fourth-order valence-corrected chi connectivity index (χ4v) is 1.33. The number of nitrogens with one attached hydrogen (secondary N) is 2. The van der Waals surface area contributed by atoms with Crippen LogP contribution >= 0.6 is 0 Å². The van der Waals surface area contributed by atoms with Crippen molar-refractivity contribution in [3.8, 4) is 0 Å². The van der Waals surface area contributed by atoms with Gasteiger partial charge in [0.05, 0.1) is 6.20 Å². The Hall–Kier alpha value is -2.37. The quantitative estimate of drug-likeness (QED) is 0.839. The van der Waals surface area contributed by atoms with Gasteiger partial charge in [-0.3, -0.25) is 9.78 Å². The number of nitrogens with zero attached hydrogens (tertiary/aromatic N) is 2. The highest BCUT2D eigenvalue weighted by molar-refractivity contribution is 6.03. The normalized spacial score (nSPS) is 9.94. The van der Waals surface area contributed by atoms with Crippen LogP contribution in [-0.2, 0) is 0 Å². The molecule has 0 saturated carbocycles. The molecule has 0 bridgehead atoms. The maximum atomic E-state index is 11.8. The molecule has 6 nitrogen and oxygen atoms in total. The van der Waals surface area contributed by atoms with E-state index in [0.717, 1.165) is 12.2 Å². The first-order chi connectivity index (χ1) is 8.29. The fraction of sp³-hybridized carbons (Fsp3) is 0.182. The molecule has 2 aromatic heterocycles. The molecule has 2 aromatic rings. The highest BCUT2D eigenvalue weighted by Gasteiger charge is 2.09. The standard InChI is InChI=1S/C11H12N4O2/c1-2-12-8-3-4-13-10(5-8)11(16)15-9-6-14-17-7-9/h3-7H,2H2,1H3,(H,12,13)(H,15,16). The summed E-state index contributed by atoms with van der Waals surface area (Å²) in [5.74, 6) is -0.298. The number of anilines is 2. The number of pyridine rings is 1. The molecular formula is C11H12N4O2. The summed E-state index contributed by atoms with van der Waals surface area (Å²) in [4.78, 5) is 15.8. The Morgan fingerprint density at radius 3 is 3.06 bits per heavy atom. The van der Waals surface area contributed by atoms with Crippen LogP contribution in [0.25, 0.3) is 0 Å². The van der Waals surface area contributed by atoms with Crippen molar-refractivity contribution in [2.45, 2.75) is 6.92 Å². The molecule has 2 rings (SSSR count). The summed E-state index contributed by atoms with van der Waals surface area (Å²) >= 11 is 0. The second kappa shape index (κ2) is 5.11. The van der Waals surface area contributed by atoms with E-state index in [1.54, 1.807) is 18.3 Å². The molecule has 0 fully saturated rings. The van der Waals surface area contributed by atoms with Gasteiger partial charge in [0.1, 0.15) is 17.6 Å². The van der Waals surface area contributed by atoms with Gasteiger partial charge in [0.15, 0.2) is 0 Å². The van der Waals surface area contributed by atoms with Crippen molar-refractivity contribution < 1.29 is 9.32 Å². The smallest absolute Gasteiger partial charge is 0.274 e. The van der Waals surface area contributed by atoms with Gasteiger partial charge in [-0.25, -0.2) is 0 Å². The van der Waals surface area contributed by atoms with Crippen molar-refractivity contribution in [3.63, 3.8) is 0 Å². The van der Waals surface area contributed by atoms with Crippen molar-refractivity contribution in [3.05, 3.63) is 36.5 Å². The van der Waals surface area contributed by atoms with Gasteiger partial charge in [-0.05, 0) is 19.1 Å². The Bertz CT molecular complexity index is 496. The summed E-state index contributed by atoms with van der Waals surface area (Å²) in [5, 5.41) is 9.23.